The number of anilines is 1. The molecule has 0 amide bonds. The molecule has 0 aliphatic carbocycles. The maximum Gasteiger partial charge on any atom is 0.123 e. The molecule has 94 valence electrons. The van der Waals surface area contributed by atoms with E-state index < -0.39 is 5.54 Å². The van der Waals surface area contributed by atoms with Crippen LogP contribution in [0.15, 0.2) is 42.9 Å². The van der Waals surface area contributed by atoms with Gasteiger partial charge in [0.2, 0.25) is 0 Å². The van der Waals surface area contributed by atoms with E-state index in [9.17, 15) is 9.50 Å². The Kier molecular flexibility index (Phi) is 3.53. The van der Waals surface area contributed by atoms with E-state index in [2.05, 4.69) is 15.3 Å². The molecule has 0 saturated carbocycles. The molecular weight excluding hydrogens is 233 g/mol. The maximum atomic E-state index is 12.8. The minimum absolute atomic E-state index is 0.150. The van der Waals surface area contributed by atoms with Crippen molar-refractivity contribution in [3.63, 3.8) is 0 Å². The first-order valence-corrected chi connectivity index (χ1v) is 5.55. The minimum Gasteiger partial charge on any atom is -0.394 e. The summed E-state index contributed by atoms with van der Waals surface area (Å²) in [5, 5.41) is 12.7. The van der Waals surface area contributed by atoms with Gasteiger partial charge in [-0.15, -0.1) is 0 Å². The van der Waals surface area contributed by atoms with Gasteiger partial charge in [0, 0.05) is 18.1 Å². The van der Waals surface area contributed by atoms with Gasteiger partial charge in [-0.05, 0) is 31.2 Å². The molecule has 1 aromatic carbocycles. The van der Waals surface area contributed by atoms with E-state index >= 15 is 0 Å². The first kappa shape index (κ1) is 12.4. The number of rotatable bonds is 4. The van der Waals surface area contributed by atoms with Gasteiger partial charge >= 0.3 is 0 Å². The molecule has 18 heavy (non-hydrogen) atoms. The van der Waals surface area contributed by atoms with E-state index in [1.165, 1.54) is 12.1 Å². The molecular formula is C13H14FN3O. The molecule has 1 heterocycles. The van der Waals surface area contributed by atoms with Gasteiger partial charge in [-0.25, -0.2) is 4.39 Å². The molecule has 1 aromatic heterocycles. The number of hydrogen-bond donors (Lipinski definition) is 2. The van der Waals surface area contributed by atoms with Gasteiger partial charge in [-0.3, -0.25) is 9.97 Å². The molecule has 0 bridgehead atoms. The highest BCUT2D eigenvalue weighted by Gasteiger charge is 2.27. The second-order valence-corrected chi connectivity index (χ2v) is 4.21. The van der Waals surface area contributed by atoms with Crippen LogP contribution in [-0.4, -0.2) is 21.7 Å². The number of aliphatic hydroxyl groups excluding tert-OH is 1. The highest BCUT2D eigenvalue weighted by molar-refractivity contribution is 5.46. The van der Waals surface area contributed by atoms with Crippen molar-refractivity contribution >= 4 is 5.69 Å². The molecule has 5 heteroatoms. The molecule has 0 fully saturated rings. The van der Waals surface area contributed by atoms with E-state index in [0.717, 1.165) is 0 Å². The standard InChI is InChI=1S/C13H14FN3O/c1-13(9-18,12-8-15-6-7-16-12)17-11-4-2-10(14)3-5-11/h2-8,17-18H,9H2,1H3. The zero-order valence-electron chi connectivity index (χ0n) is 9.97. The Morgan fingerprint density at radius 2 is 2.00 bits per heavy atom. The van der Waals surface area contributed by atoms with Crippen LogP contribution in [0.4, 0.5) is 10.1 Å². The normalized spacial score (nSPS) is 13.9. The van der Waals surface area contributed by atoms with E-state index in [-0.39, 0.29) is 12.4 Å². The van der Waals surface area contributed by atoms with Crippen molar-refractivity contribution in [2.75, 3.05) is 11.9 Å². The van der Waals surface area contributed by atoms with Gasteiger partial charge in [-0.1, -0.05) is 0 Å². The first-order chi connectivity index (χ1) is 8.64. The van der Waals surface area contributed by atoms with Gasteiger partial charge < -0.3 is 10.4 Å². The van der Waals surface area contributed by atoms with E-state index in [1.807, 2.05) is 0 Å². The van der Waals surface area contributed by atoms with Crippen molar-refractivity contribution in [3.05, 3.63) is 54.4 Å². The third-order valence-corrected chi connectivity index (χ3v) is 2.71. The van der Waals surface area contributed by atoms with Crippen LogP contribution in [0.2, 0.25) is 0 Å². The first-order valence-electron chi connectivity index (χ1n) is 5.55. The van der Waals surface area contributed by atoms with Crippen molar-refractivity contribution in [2.45, 2.75) is 12.5 Å². The van der Waals surface area contributed by atoms with E-state index in [1.54, 1.807) is 37.6 Å². The lowest BCUT2D eigenvalue weighted by Gasteiger charge is -2.28. The van der Waals surface area contributed by atoms with Crippen molar-refractivity contribution in [1.29, 1.82) is 0 Å². The molecule has 0 aliphatic heterocycles. The quantitative estimate of drug-likeness (QED) is 0.866. The number of aliphatic hydroxyl groups is 1. The lowest BCUT2D eigenvalue weighted by molar-refractivity contribution is 0.220. The van der Waals surface area contributed by atoms with Crippen LogP contribution in [0, 0.1) is 5.82 Å². The summed E-state index contributed by atoms with van der Waals surface area (Å²) in [6.07, 6.45) is 4.72. The lowest BCUT2D eigenvalue weighted by Crippen LogP contribution is -2.36. The topological polar surface area (TPSA) is 58.0 Å². The molecule has 2 N–H and O–H groups in total. The number of aromatic nitrogens is 2. The lowest BCUT2D eigenvalue weighted by atomic mass is 9.99. The largest absolute Gasteiger partial charge is 0.394 e. The molecule has 2 rings (SSSR count). The Balaban J connectivity index is 2.26. The molecule has 0 radical (unpaired) electrons. The van der Waals surface area contributed by atoms with Gasteiger partial charge in [0.15, 0.2) is 0 Å². The molecule has 0 spiro atoms. The molecule has 1 atom stereocenters. The summed E-state index contributed by atoms with van der Waals surface area (Å²) in [7, 11) is 0. The molecule has 0 saturated heterocycles. The Morgan fingerprint density at radius 1 is 1.28 bits per heavy atom. The summed E-state index contributed by atoms with van der Waals surface area (Å²) < 4.78 is 12.8. The summed E-state index contributed by atoms with van der Waals surface area (Å²) in [5.41, 5.74) is 0.571. The Hall–Kier alpha value is -2.01. The van der Waals surface area contributed by atoms with Crippen LogP contribution in [0.25, 0.3) is 0 Å². The number of halogens is 1. The molecule has 4 nitrogen and oxygen atoms in total. The highest BCUT2D eigenvalue weighted by atomic mass is 19.1. The average Bonchev–Trinajstić information content (AvgIpc) is 2.42. The van der Waals surface area contributed by atoms with Crippen LogP contribution in [-0.2, 0) is 5.54 Å². The van der Waals surface area contributed by atoms with Crippen LogP contribution < -0.4 is 5.32 Å². The number of benzene rings is 1. The predicted molar refractivity (Wildman–Crippen MR) is 66.5 cm³/mol. The van der Waals surface area contributed by atoms with Gasteiger partial charge in [0.25, 0.3) is 0 Å². The SMILES string of the molecule is CC(CO)(Nc1ccc(F)cc1)c1cnccn1. The second-order valence-electron chi connectivity index (χ2n) is 4.21. The minimum atomic E-state index is -0.758. The molecule has 2 aromatic rings. The van der Waals surface area contributed by atoms with Crippen LogP contribution in [0.3, 0.4) is 0 Å². The second kappa shape index (κ2) is 5.10. The predicted octanol–water partition coefficient (Wildman–Crippen LogP) is 1.94. The van der Waals surface area contributed by atoms with Gasteiger partial charge in [-0.2, -0.15) is 0 Å². The zero-order valence-corrected chi connectivity index (χ0v) is 9.97. The fraction of sp³-hybridized carbons (Fsp3) is 0.231. The van der Waals surface area contributed by atoms with E-state index in [4.69, 9.17) is 0 Å². The Bertz CT molecular complexity index is 503. The van der Waals surface area contributed by atoms with E-state index in [0.29, 0.717) is 11.4 Å². The van der Waals surface area contributed by atoms with Crippen molar-refractivity contribution in [3.8, 4) is 0 Å². The summed E-state index contributed by atoms with van der Waals surface area (Å²) >= 11 is 0. The van der Waals surface area contributed by atoms with Crippen LogP contribution in [0.1, 0.15) is 12.6 Å². The molecule has 1 unspecified atom stereocenters. The average molecular weight is 247 g/mol. The third-order valence-electron chi connectivity index (χ3n) is 2.71. The smallest absolute Gasteiger partial charge is 0.123 e. The summed E-state index contributed by atoms with van der Waals surface area (Å²) in [6, 6.07) is 5.94. The summed E-state index contributed by atoms with van der Waals surface area (Å²) in [5.74, 6) is -0.300. The zero-order chi connectivity index (χ0) is 13.0. The van der Waals surface area contributed by atoms with Crippen molar-refractivity contribution in [2.24, 2.45) is 0 Å². The summed E-state index contributed by atoms with van der Waals surface area (Å²) in [4.78, 5) is 8.16. The monoisotopic (exact) mass is 247 g/mol. The number of hydrogen-bond acceptors (Lipinski definition) is 4. The van der Waals surface area contributed by atoms with Gasteiger partial charge in [0.1, 0.15) is 11.4 Å². The number of nitrogens with one attached hydrogen (secondary N) is 1. The summed E-state index contributed by atoms with van der Waals surface area (Å²) in [6.45, 7) is 1.66. The fourth-order valence-electron chi connectivity index (χ4n) is 1.62. The molecule has 0 aliphatic rings. The Labute approximate surface area is 105 Å². The fourth-order valence-corrected chi connectivity index (χ4v) is 1.62. The highest BCUT2D eigenvalue weighted by Crippen LogP contribution is 2.23. The van der Waals surface area contributed by atoms with Crippen molar-refractivity contribution in [1.82, 2.24) is 9.97 Å². The van der Waals surface area contributed by atoms with Crippen LogP contribution >= 0.6 is 0 Å². The maximum absolute atomic E-state index is 12.8. The number of nitrogens with zero attached hydrogens (tertiary/aromatic N) is 2. The van der Waals surface area contributed by atoms with Crippen LogP contribution in [0.5, 0.6) is 0 Å². The van der Waals surface area contributed by atoms with Crippen molar-refractivity contribution < 1.29 is 9.50 Å². The Morgan fingerprint density at radius 3 is 2.56 bits per heavy atom. The third kappa shape index (κ3) is 2.62. The van der Waals surface area contributed by atoms with Gasteiger partial charge in [0.05, 0.1) is 18.5 Å².